The van der Waals surface area contributed by atoms with E-state index in [4.69, 9.17) is 5.26 Å². The minimum absolute atomic E-state index is 0.485. The van der Waals surface area contributed by atoms with Gasteiger partial charge in [-0.3, -0.25) is 0 Å². The molecular formula is C14H12BrN3. The molecule has 0 bridgehead atoms. The molecule has 2 rings (SSSR count). The smallest absolute Gasteiger partial charge is 0.144 e. The van der Waals surface area contributed by atoms with Crippen LogP contribution in [0, 0.1) is 11.3 Å². The number of nitriles is 1. The fourth-order valence-corrected chi connectivity index (χ4v) is 2.12. The van der Waals surface area contributed by atoms with Crippen LogP contribution in [0.3, 0.4) is 0 Å². The molecule has 0 aliphatic rings. The summed E-state index contributed by atoms with van der Waals surface area (Å²) in [6, 6.07) is 14.0. The highest BCUT2D eigenvalue weighted by molar-refractivity contribution is 9.10. The van der Waals surface area contributed by atoms with E-state index >= 15 is 0 Å². The second kappa shape index (κ2) is 6.29. The molecule has 1 aromatic heterocycles. The average Bonchev–Trinajstić information content (AvgIpc) is 2.39. The Morgan fingerprint density at radius 2 is 2.11 bits per heavy atom. The van der Waals surface area contributed by atoms with Crippen LogP contribution in [0.4, 0.5) is 0 Å². The maximum absolute atomic E-state index is 8.92. The fourth-order valence-electron chi connectivity index (χ4n) is 1.67. The normalized spacial score (nSPS) is 10.0. The number of hydrogen-bond acceptors (Lipinski definition) is 3. The topological polar surface area (TPSA) is 48.7 Å². The summed E-state index contributed by atoms with van der Waals surface area (Å²) >= 11 is 3.44. The third-order valence-corrected chi connectivity index (χ3v) is 3.02. The molecule has 18 heavy (non-hydrogen) atoms. The Morgan fingerprint density at radius 1 is 1.22 bits per heavy atom. The third-order valence-electron chi connectivity index (χ3n) is 2.53. The summed E-state index contributed by atoms with van der Waals surface area (Å²) in [6.07, 6.45) is 1.64. The van der Waals surface area contributed by atoms with Crippen LogP contribution < -0.4 is 5.32 Å². The van der Waals surface area contributed by atoms with Gasteiger partial charge in [-0.1, -0.05) is 34.1 Å². The third kappa shape index (κ3) is 3.39. The van der Waals surface area contributed by atoms with Crippen molar-refractivity contribution in [1.82, 2.24) is 10.3 Å². The van der Waals surface area contributed by atoms with E-state index in [0.717, 1.165) is 16.6 Å². The van der Waals surface area contributed by atoms with Crippen molar-refractivity contribution < 1.29 is 0 Å². The van der Waals surface area contributed by atoms with Crippen LogP contribution in [0.25, 0.3) is 0 Å². The van der Waals surface area contributed by atoms with Gasteiger partial charge in [0.15, 0.2) is 0 Å². The van der Waals surface area contributed by atoms with Crippen LogP contribution in [0.2, 0.25) is 0 Å². The van der Waals surface area contributed by atoms with Gasteiger partial charge in [0, 0.05) is 29.3 Å². The molecule has 0 aliphatic heterocycles. The molecule has 0 unspecified atom stereocenters. The zero-order valence-electron chi connectivity index (χ0n) is 9.73. The highest BCUT2D eigenvalue weighted by atomic mass is 79.9. The summed E-state index contributed by atoms with van der Waals surface area (Å²) in [5.41, 5.74) is 2.61. The van der Waals surface area contributed by atoms with Gasteiger partial charge in [-0.25, -0.2) is 4.98 Å². The first-order valence-corrected chi connectivity index (χ1v) is 6.38. The molecule has 0 saturated carbocycles. The maximum atomic E-state index is 8.92. The van der Waals surface area contributed by atoms with Crippen LogP contribution in [-0.2, 0) is 13.1 Å². The first-order valence-electron chi connectivity index (χ1n) is 5.59. The Balaban J connectivity index is 1.95. The van der Waals surface area contributed by atoms with E-state index in [1.54, 1.807) is 6.20 Å². The van der Waals surface area contributed by atoms with E-state index in [9.17, 15) is 0 Å². The lowest BCUT2D eigenvalue weighted by Crippen LogP contribution is -2.13. The maximum Gasteiger partial charge on any atom is 0.144 e. The van der Waals surface area contributed by atoms with Gasteiger partial charge in [0.2, 0.25) is 0 Å². The van der Waals surface area contributed by atoms with Crippen molar-refractivity contribution in [1.29, 1.82) is 5.26 Å². The van der Waals surface area contributed by atoms with Gasteiger partial charge in [0.1, 0.15) is 11.8 Å². The molecule has 1 heterocycles. The van der Waals surface area contributed by atoms with Gasteiger partial charge in [0.05, 0.1) is 0 Å². The molecule has 3 nitrogen and oxygen atoms in total. The largest absolute Gasteiger partial charge is 0.309 e. The van der Waals surface area contributed by atoms with E-state index < -0.39 is 0 Å². The number of benzene rings is 1. The highest BCUT2D eigenvalue weighted by Gasteiger charge is 2.01. The number of pyridine rings is 1. The highest BCUT2D eigenvalue weighted by Crippen LogP contribution is 2.11. The van der Waals surface area contributed by atoms with E-state index in [-0.39, 0.29) is 0 Å². The molecule has 4 heteroatoms. The number of aromatic nitrogens is 1. The number of hydrogen-bond donors (Lipinski definition) is 1. The predicted octanol–water partition coefficient (Wildman–Crippen LogP) is 3.01. The first-order chi connectivity index (χ1) is 8.79. The molecule has 0 fully saturated rings. The van der Waals surface area contributed by atoms with Gasteiger partial charge in [-0.2, -0.15) is 5.26 Å². The zero-order chi connectivity index (χ0) is 12.8. The zero-order valence-corrected chi connectivity index (χ0v) is 11.3. The minimum Gasteiger partial charge on any atom is -0.309 e. The van der Waals surface area contributed by atoms with Crippen molar-refractivity contribution in [3.63, 3.8) is 0 Å². The number of rotatable bonds is 4. The summed E-state index contributed by atoms with van der Waals surface area (Å²) in [7, 11) is 0. The van der Waals surface area contributed by atoms with E-state index in [0.29, 0.717) is 12.2 Å². The molecule has 2 aromatic rings. The second-order valence-electron chi connectivity index (χ2n) is 3.86. The average molecular weight is 302 g/mol. The summed E-state index contributed by atoms with van der Waals surface area (Å²) in [5.74, 6) is 0. The molecule has 0 amide bonds. The van der Waals surface area contributed by atoms with Crippen molar-refractivity contribution in [3.05, 3.63) is 63.9 Å². The molecule has 0 saturated heterocycles. The molecule has 0 atom stereocenters. The summed E-state index contributed by atoms with van der Waals surface area (Å²) in [5, 5.41) is 12.2. The molecule has 1 aromatic carbocycles. The lowest BCUT2D eigenvalue weighted by molar-refractivity contribution is 0.689. The molecular weight excluding hydrogens is 290 g/mol. The Bertz CT molecular complexity index is 575. The SMILES string of the molecule is N#Cc1ncccc1CNCc1cccc(Br)c1. The number of nitrogens with zero attached hydrogens (tertiary/aromatic N) is 2. The lowest BCUT2D eigenvalue weighted by Gasteiger charge is -2.06. The summed E-state index contributed by atoms with van der Waals surface area (Å²) in [6.45, 7) is 1.41. The van der Waals surface area contributed by atoms with E-state index in [1.807, 2.05) is 24.3 Å². The monoisotopic (exact) mass is 301 g/mol. The van der Waals surface area contributed by atoms with E-state index in [2.05, 4.69) is 44.4 Å². The van der Waals surface area contributed by atoms with Crippen molar-refractivity contribution >= 4 is 15.9 Å². The van der Waals surface area contributed by atoms with Crippen molar-refractivity contribution in [2.45, 2.75) is 13.1 Å². The Morgan fingerprint density at radius 3 is 2.89 bits per heavy atom. The molecule has 0 aliphatic carbocycles. The quantitative estimate of drug-likeness (QED) is 0.944. The Labute approximate surface area is 115 Å². The van der Waals surface area contributed by atoms with Gasteiger partial charge in [-0.15, -0.1) is 0 Å². The van der Waals surface area contributed by atoms with Gasteiger partial charge >= 0.3 is 0 Å². The molecule has 0 spiro atoms. The van der Waals surface area contributed by atoms with E-state index in [1.165, 1.54) is 5.56 Å². The fraction of sp³-hybridized carbons (Fsp3) is 0.143. The van der Waals surface area contributed by atoms with Crippen molar-refractivity contribution in [2.75, 3.05) is 0 Å². The molecule has 1 N–H and O–H groups in total. The predicted molar refractivity (Wildman–Crippen MR) is 73.6 cm³/mol. The standard InChI is InChI=1S/C14H12BrN3/c15-13-5-1-3-11(7-13)9-17-10-12-4-2-6-18-14(12)8-16/h1-7,17H,9-10H2. The molecule has 90 valence electrons. The minimum atomic E-state index is 0.485. The second-order valence-corrected chi connectivity index (χ2v) is 4.77. The number of nitrogens with one attached hydrogen (secondary N) is 1. The van der Waals surface area contributed by atoms with Crippen molar-refractivity contribution in [2.24, 2.45) is 0 Å². The Kier molecular flexibility index (Phi) is 4.46. The van der Waals surface area contributed by atoms with Crippen LogP contribution >= 0.6 is 15.9 Å². The summed E-state index contributed by atoms with van der Waals surface area (Å²) in [4.78, 5) is 4.03. The molecule has 0 radical (unpaired) electrons. The summed E-state index contributed by atoms with van der Waals surface area (Å²) < 4.78 is 1.07. The van der Waals surface area contributed by atoms with Crippen LogP contribution in [0.15, 0.2) is 47.1 Å². The van der Waals surface area contributed by atoms with Crippen LogP contribution in [0.5, 0.6) is 0 Å². The Hall–Kier alpha value is -1.70. The first kappa shape index (κ1) is 12.7. The van der Waals surface area contributed by atoms with Crippen LogP contribution in [-0.4, -0.2) is 4.98 Å². The van der Waals surface area contributed by atoms with Gasteiger partial charge in [-0.05, 0) is 23.8 Å². The van der Waals surface area contributed by atoms with Crippen molar-refractivity contribution in [3.8, 4) is 6.07 Å². The van der Waals surface area contributed by atoms with Gasteiger partial charge < -0.3 is 5.32 Å². The van der Waals surface area contributed by atoms with Crippen LogP contribution in [0.1, 0.15) is 16.8 Å². The number of halogens is 1. The lowest BCUT2D eigenvalue weighted by atomic mass is 10.2. The van der Waals surface area contributed by atoms with Gasteiger partial charge in [0.25, 0.3) is 0 Å².